The van der Waals surface area contributed by atoms with Crippen LogP contribution in [0.3, 0.4) is 0 Å². The van der Waals surface area contributed by atoms with Crippen molar-refractivity contribution in [3.63, 3.8) is 0 Å². The number of sulfonamides is 1. The molecule has 29 heavy (non-hydrogen) atoms. The molecule has 6 nitrogen and oxygen atoms in total. The predicted molar refractivity (Wildman–Crippen MR) is 108 cm³/mol. The fourth-order valence-electron chi connectivity index (χ4n) is 4.62. The molecule has 0 saturated heterocycles. The highest BCUT2D eigenvalue weighted by atomic mass is 32.2. The molecule has 2 aliphatic carbocycles. The Morgan fingerprint density at radius 2 is 2.00 bits per heavy atom. The Hall–Kier alpha value is -1.93. The molecule has 2 aliphatic rings. The molecule has 8 heteroatoms. The van der Waals surface area contributed by atoms with Gasteiger partial charge in [0, 0.05) is 18.8 Å². The van der Waals surface area contributed by atoms with Crippen LogP contribution >= 0.6 is 0 Å². The number of nitrogens with zero attached hydrogens (tertiary/aromatic N) is 3. The normalized spacial score (nSPS) is 17.2. The van der Waals surface area contributed by atoms with Crippen molar-refractivity contribution in [1.29, 1.82) is 0 Å². The molecule has 1 saturated carbocycles. The fourth-order valence-corrected chi connectivity index (χ4v) is 6.28. The van der Waals surface area contributed by atoms with Crippen LogP contribution in [0.2, 0.25) is 0 Å². The minimum absolute atomic E-state index is 0.0297. The Morgan fingerprint density at radius 3 is 2.69 bits per heavy atom. The molecule has 1 heterocycles. The maximum Gasteiger partial charge on any atom is 0.243 e. The molecule has 0 spiro atoms. The van der Waals surface area contributed by atoms with Gasteiger partial charge in [0.1, 0.15) is 0 Å². The summed E-state index contributed by atoms with van der Waals surface area (Å²) in [5, 5.41) is 4.62. The van der Waals surface area contributed by atoms with Gasteiger partial charge in [-0.25, -0.2) is 12.8 Å². The SMILES string of the molecule is CCOc1ccc(S(=O)(=O)N(Cc2nn(C)c3c2CCC3)C2CCCC2)cc1F. The third-order valence-corrected chi connectivity index (χ3v) is 7.94. The first-order chi connectivity index (χ1) is 13.9. The molecule has 1 aromatic carbocycles. The molecule has 2 aromatic rings. The largest absolute Gasteiger partial charge is 0.491 e. The summed E-state index contributed by atoms with van der Waals surface area (Å²) in [6.45, 7) is 2.32. The van der Waals surface area contributed by atoms with Crippen LogP contribution in [0, 0.1) is 5.82 Å². The molecule has 0 amide bonds. The second kappa shape index (κ2) is 8.07. The summed E-state index contributed by atoms with van der Waals surface area (Å²) in [7, 11) is -1.94. The lowest BCUT2D eigenvalue weighted by Gasteiger charge is -2.28. The highest BCUT2D eigenvalue weighted by Crippen LogP contribution is 2.33. The van der Waals surface area contributed by atoms with Gasteiger partial charge in [0.25, 0.3) is 0 Å². The smallest absolute Gasteiger partial charge is 0.243 e. The second-order valence-corrected chi connectivity index (χ2v) is 9.75. The van der Waals surface area contributed by atoms with Gasteiger partial charge in [0.15, 0.2) is 11.6 Å². The molecule has 0 unspecified atom stereocenters. The summed E-state index contributed by atoms with van der Waals surface area (Å²) in [5.41, 5.74) is 3.22. The van der Waals surface area contributed by atoms with E-state index in [1.165, 1.54) is 23.4 Å². The van der Waals surface area contributed by atoms with Crippen molar-refractivity contribution >= 4 is 10.0 Å². The number of benzene rings is 1. The van der Waals surface area contributed by atoms with Gasteiger partial charge in [-0.15, -0.1) is 0 Å². The van der Waals surface area contributed by atoms with Crippen LogP contribution in [-0.4, -0.2) is 35.2 Å². The monoisotopic (exact) mass is 421 g/mol. The van der Waals surface area contributed by atoms with Gasteiger partial charge >= 0.3 is 0 Å². The first-order valence-corrected chi connectivity index (χ1v) is 11.8. The minimum atomic E-state index is -3.86. The number of hydrogen-bond acceptors (Lipinski definition) is 4. The lowest BCUT2D eigenvalue weighted by Crippen LogP contribution is -2.38. The van der Waals surface area contributed by atoms with E-state index in [1.807, 2.05) is 11.7 Å². The first-order valence-electron chi connectivity index (χ1n) is 10.4. The van der Waals surface area contributed by atoms with Crippen LogP contribution in [0.4, 0.5) is 4.39 Å². The van der Waals surface area contributed by atoms with E-state index in [2.05, 4.69) is 5.10 Å². The van der Waals surface area contributed by atoms with Crippen molar-refractivity contribution in [2.45, 2.75) is 69.4 Å². The van der Waals surface area contributed by atoms with Crippen LogP contribution in [0.5, 0.6) is 5.75 Å². The average molecular weight is 422 g/mol. The molecule has 158 valence electrons. The third kappa shape index (κ3) is 3.80. The fraction of sp³-hybridized carbons (Fsp3) is 0.571. The zero-order chi connectivity index (χ0) is 20.6. The highest BCUT2D eigenvalue weighted by molar-refractivity contribution is 7.89. The van der Waals surface area contributed by atoms with Crippen molar-refractivity contribution in [1.82, 2.24) is 14.1 Å². The first kappa shape index (κ1) is 20.3. The number of aryl methyl sites for hydroxylation is 1. The van der Waals surface area contributed by atoms with Crippen LogP contribution in [0.15, 0.2) is 23.1 Å². The number of rotatable bonds is 7. The van der Waals surface area contributed by atoms with E-state index in [9.17, 15) is 12.8 Å². The lowest BCUT2D eigenvalue weighted by molar-refractivity contribution is 0.310. The molecule has 0 aliphatic heterocycles. The third-order valence-electron chi connectivity index (χ3n) is 6.05. The Labute approximate surface area is 171 Å². The minimum Gasteiger partial charge on any atom is -0.491 e. The summed E-state index contributed by atoms with van der Waals surface area (Å²) in [6.07, 6.45) is 6.67. The van der Waals surface area contributed by atoms with E-state index in [1.54, 1.807) is 11.2 Å². The van der Waals surface area contributed by atoms with Crippen LogP contribution in [0.1, 0.15) is 56.0 Å². The molecule has 0 N–H and O–H groups in total. The Bertz CT molecular complexity index is 997. The van der Waals surface area contributed by atoms with Gasteiger partial charge in [-0.3, -0.25) is 4.68 Å². The summed E-state index contributed by atoms with van der Waals surface area (Å²) in [6, 6.07) is 3.84. The Kier molecular flexibility index (Phi) is 5.66. The maximum atomic E-state index is 14.4. The molecular weight excluding hydrogens is 393 g/mol. The van der Waals surface area contributed by atoms with Crippen molar-refractivity contribution < 1.29 is 17.5 Å². The Morgan fingerprint density at radius 1 is 1.24 bits per heavy atom. The van der Waals surface area contributed by atoms with E-state index in [4.69, 9.17) is 4.74 Å². The van der Waals surface area contributed by atoms with Gasteiger partial charge in [-0.2, -0.15) is 9.40 Å². The van der Waals surface area contributed by atoms with Gasteiger partial charge < -0.3 is 4.74 Å². The Balaban J connectivity index is 1.70. The quantitative estimate of drug-likeness (QED) is 0.686. The number of aromatic nitrogens is 2. The van der Waals surface area contributed by atoms with Gasteiger partial charge in [-0.1, -0.05) is 12.8 Å². The molecule has 4 rings (SSSR count). The van der Waals surface area contributed by atoms with Gasteiger partial charge in [-0.05, 0) is 62.8 Å². The van der Waals surface area contributed by atoms with Crippen LogP contribution in [0.25, 0.3) is 0 Å². The van der Waals surface area contributed by atoms with Crippen molar-refractivity contribution in [3.05, 3.63) is 41.0 Å². The number of ether oxygens (including phenoxy) is 1. The van der Waals surface area contributed by atoms with E-state index in [0.717, 1.165) is 56.7 Å². The zero-order valence-corrected chi connectivity index (χ0v) is 17.8. The molecule has 0 bridgehead atoms. The number of halogens is 1. The number of hydrogen-bond donors (Lipinski definition) is 0. The average Bonchev–Trinajstić information content (AvgIpc) is 3.42. The standard InChI is InChI=1S/C21H28FN3O3S/c1-3-28-21-12-11-16(13-18(21)22)29(26,27)25(15-7-4-5-8-15)14-19-17-9-6-10-20(17)24(2)23-19/h11-13,15H,3-10,14H2,1-2H3. The molecule has 1 aromatic heterocycles. The maximum absolute atomic E-state index is 14.4. The number of fused-ring (bicyclic) bond motifs is 1. The van der Waals surface area contributed by atoms with Crippen molar-refractivity contribution in [3.8, 4) is 5.75 Å². The predicted octanol–water partition coefficient (Wildman–Crippen LogP) is 3.58. The van der Waals surface area contributed by atoms with E-state index in [-0.39, 0.29) is 23.2 Å². The summed E-state index contributed by atoms with van der Waals surface area (Å²) in [4.78, 5) is -0.0297. The van der Waals surface area contributed by atoms with E-state index < -0.39 is 15.8 Å². The summed E-state index contributed by atoms with van der Waals surface area (Å²) in [5.74, 6) is -0.584. The van der Waals surface area contributed by atoms with Crippen LogP contribution < -0.4 is 4.74 Å². The topological polar surface area (TPSA) is 64.4 Å². The lowest BCUT2D eigenvalue weighted by atomic mass is 10.2. The molecule has 0 radical (unpaired) electrons. The summed E-state index contributed by atoms with van der Waals surface area (Å²) < 4.78 is 50.1. The summed E-state index contributed by atoms with van der Waals surface area (Å²) >= 11 is 0. The van der Waals surface area contributed by atoms with Crippen molar-refractivity contribution in [2.75, 3.05) is 6.61 Å². The van der Waals surface area contributed by atoms with Gasteiger partial charge in [0.05, 0.1) is 23.7 Å². The van der Waals surface area contributed by atoms with E-state index >= 15 is 0 Å². The van der Waals surface area contributed by atoms with Crippen LogP contribution in [-0.2, 0) is 36.5 Å². The molecule has 1 fully saturated rings. The van der Waals surface area contributed by atoms with Crippen molar-refractivity contribution in [2.24, 2.45) is 7.05 Å². The molecule has 0 atom stereocenters. The molecular formula is C21H28FN3O3S. The van der Waals surface area contributed by atoms with E-state index in [0.29, 0.717) is 6.61 Å². The van der Waals surface area contributed by atoms with Gasteiger partial charge in [0.2, 0.25) is 10.0 Å². The zero-order valence-electron chi connectivity index (χ0n) is 17.0. The second-order valence-electron chi connectivity index (χ2n) is 7.86. The highest BCUT2D eigenvalue weighted by Gasteiger charge is 2.35.